The van der Waals surface area contributed by atoms with E-state index in [1.165, 1.54) is 13.2 Å². The van der Waals surface area contributed by atoms with Gasteiger partial charge in [0.25, 0.3) is 0 Å². The van der Waals surface area contributed by atoms with Crippen molar-refractivity contribution in [3.63, 3.8) is 0 Å². The van der Waals surface area contributed by atoms with Crippen LogP contribution >= 0.6 is 34.8 Å². The summed E-state index contributed by atoms with van der Waals surface area (Å²) in [4.78, 5) is 10.4. The summed E-state index contributed by atoms with van der Waals surface area (Å²) in [6.07, 6.45) is 10.3. The third kappa shape index (κ3) is 16.1. The molecule has 0 saturated heterocycles. The van der Waals surface area contributed by atoms with E-state index in [0.29, 0.717) is 6.42 Å². The maximum atomic E-state index is 10.4. The predicted molar refractivity (Wildman–Crippen MR) is 73.5 cm³/mol. The predicted octanol–water partition coefficient (Wildman–Crippen LogP) is 5.16. The molecular formula is C12H19Cl3O2. The van der Waals surface area contributed by atoms with Crippen molar-refractivity contribution in [1.29, 1.82) is 0 Å². The van der Waals surface area contributed by atoms with E-state index >= 15 is 0 Å². The second-order valence-electron chi connectivity index (χ2n) is 3.90. The number of carbonyl (C=O) groups is 1. The maximum absolute atomic E-state index is 10.4. The molecule has 0 amide bonds. The molecule has 0 heterocycles. The Morgan fingerprint density at radius 3 is 2.29 bits per heavy atom. The van der Waals surface area contributed by atoms with Gasteiger partial charge in [-0.05, 0) is 31.8 Å². The highest BCUT2D eigenvalue weighted by atomic mass is 35.6. The molecule has 0 radical (unpaired) electrons. The number of halogens is 3. The molecule has 2 nitrogen and oxygen atoms in total. The standard InChI is InChI=1S/C12H19Cl3O2/c1-11(16)17-10-8-6-4-2-3-5-7-9-12(13,14)15/h8,10H,2-7,9H2,1H3. The summed E-state index contributed by atoms with van der Waals surface area (Å²) >= 11 is 16.9. The van der Waals surface area contributed by atoms with Crippen molar-refractivity contribution in [3.8, 4) is 0 Å². The lowest BCUT2D eigenvalue weighted by molar-refractivity contribution is -0.135. The molecule has 0 aliphatic heterocycles. The zero-order chi connectivity index (χ0) is 13.1. The van der Waals surface area contributed by atoms with Gasteiger partial charge in [-0.2, -0.15) is 0 Å². The molecule has 0 N–H and O–H groups in total. The highest BCUT2D eigenvalue weighted by molar-refractivity contribution is 6.67. The zero-order valence-electron chi connectivity index (χ0n) is 10.1. The van der Waals surface area contributed by atoms with Gasteiger partial charge in [-0.25, -0.2) is 0 Å². The van der Waals surface area contributed by atoms with Crippen LogP contribution in [0.25, 0.3) is 0 Å². The summed E-state index contributed by atoms with van der Waals surface area (Å²) in [6, 6.07) is 0. The van der Waals surface area contributed by atoms with Crippen molar-refractivity contribution in [1.82, 2.24) is 0 Å². The molecule has 0 saturated carbocycles. The van der Waals surface area contributed by atoms with Crippen LogP contribution in [-0.4, -0.2) is 9.76 Å². The lowest BCUT2D eigenvalue weighted by Crippen LogP contribution is -2.00. The molecule has 0 atom stereocenters. The first-order valence-electron chi connectivity index (χ1n) is 5.81. The molecule has 0 rings (SSSR count). The number of unbranched alkanes of at least 4 members (excludes halogenated alkanes) is 5. The fourth-order valence-corrected chi connectivity index (χ4v) is 1.73. The molecule has 100 valence electrons. The van der Waals surface area contributed by atoms with Gasteiger partial charge in [-0.1, -0.05) is 54.1 Å². The van der Waals surface area contributed by atoms with Gasteiger partial charge >= 0.3 is 5.97 Å². The lowest BCUT2D eigenvalue weighted by Gasteiger charge is -2.09. The molecule has 0 aromatic carbocycles. The van der Waals surface area contributed by atoms with Crippen LogP contribution in [0.1, 0.15) is 51.9 Å². The summed E-state index contributed by atoms with van der Waals surface area (Å²) < 4.78 is 3.56. The summed E-state index contributed by atoms with van der Waals surface area (Å²) in [5, 5.41) is 0. The van der Waals surface area contributed by atoms with Crippen LogP contribution < -0.4 is 0 Å². The van der Waals surface area contributed by atoms with Gasteiger partial charge in [-0.3, -0.25) is 4.79 Å². The summed E-state index contributed by atoms with van der Waals surface area (Å²) in [5.41, 5.74) is 0. The average Bonchev–Trinajstić information content (AvgIpc) is 2.18. The minimum Gasteiger partial charge on any atom is -0.435 e. The largest absolute Gasteiger partial charge is 0.435 e. The Labute approximate surface area is 118 Å². The Kier molecular flexibility index (Phi) is 10.1. The molecule has 0 fully saturated rings. The Morgan fingerprint density at radius 1 is 1.12 bits per heavy atom. The number of carbonyl (C=O) groups excluding carboxylic acids is 1. The normalized spacial score (nSPS) is 12.0. The third-order valence-electron chi connectivity index (χ3n) is 2.16. The van der Waals surface area contributed by atoms with Gasteiger partial charge in [0.15, 0.2) is 3.79 Å². The summed E-state index contributed by atoms with van der Waals surface area (Å²) in [7, 11) is 0. The van der Waals surface area contributed by atoms with E-state index in [1.807, 2.05) is 6.08 Å². The highest BCUT2D eigenvalue weighted by Gasteiger charge is 2.17. The molecule has 0 unspecified atom stereocenters. The van der Waals surface area contributed by atoms with E-state index in [9.17, 15) is 4.79 Å². The fourth-order valence-electron chi connectivity index (χ4n) is 1.33. The van der Waals surface area contributed by atoms with Crippen LogP contribution in [0.2, 0.25) is 0 Å². The van der Waals surface area contributed by atoms with Crippen LogP contribution in [0.4, 0.5) is 0 Å². The first-order chi connectivity index (χ1) is 7.92. The van der Waals surface area contributed by atoms with Crippen molar-refractivity contribution in [2.75, 3.05) is 0 Å². The number of hydrogen-bond donors (Lipinski definition) is 0. The SMILES string of the molecule is CC(=O)OC=CCCCCCCCC(Cl)(Cl)Cl. The second-order valence-corrected chi connectivity index (χ2v) is 6.42. The minimum absolute atomic E-state index is 0.284. The van der Waals surface area contributed by atoms with Crippen LogP contribution in [0, 0.1) is 0 Å². The first-order valence-corrected chi connectivity index (χ1v) is 6.94. The molecule has 5 heteroatoms. The topological polar surface area (TPSA) is 26.3 Å². The Balaban J connectivity index is 3.19. The monoisotopic (exact) mass is 300 g/mol. The van der Waals surface area contributed by atoms with Gasteiger partial charge in [0.2, 0.25) is 0 Å². The van der Waals surface area contributed by atoms with Crippen LogP contribution in [0.15, 0.2) is 12.3 Å². The molecule has 17 heavy (non-hydrogen) atoms. The van der Waals surface area contributed by atoms with E-state index in [1.54, 1.807) is 0 Å². The van der Waals surface area contributed by atoms with Crippen LogP contribution in [0.3, 0.4) is 0 Å². The van der Waals surface area contributed by atoms with Gasteiger partial charge in [-0.15, -0.1) is 0 Å². The van der Waals surface area contributed by atoms with Crippen molar-refractivity contribution in [2.45, 2.75) is 55.7 Å². The number of esters is 1. The van der Waals surface area contributed by atoms with Crippen molar-refractivity contribution in [2.24, 2.45) is 0 Å². The molecule has 0 aromatic rings. The molecule has 0 aliphatic carbocycles. The van der Waals surface area contributed by atoms with Gasteiger partial charge in [0, 0.05) is 6.92 Å². The molecule has 0 spiro atoms. The van der Waals surface area contributed by atoms with Crippen LogP contribution in [0.5, 0.6) is 0 Å². The minimum atomic E-state index is -1.10. The van der Waals surface area contributed by atoms with E-state index in [2.05, 4.69) is 4.74 Å². The van der Waals surface area contributed by atoms with E-state index < -0.39 is 3.79 Å². The van der Waals surface area contributed by atoms with Crippen LogP contribution in [-0.2, 0) is 9.53 Å². The van der Waals surface area contributed by atoms with Crippen molar-refractivity contribution in [3.05, 3.63) is 12.3 Å². The van der Waals surface area contributed by atoms with Crippen molar-refractivity contribution >= 4 is 40.8 Å². The highest BCUT2D eigenvalue weighted by Crippen LogP contribution is 2.32. The third-order valence-corrected chi connectivity index (χ3v) is 2.73. The summed E-state index contributed by atoms with van der Waals surface area (Å²) in [5.74, 6) is -0.284. The van der Waals surface area contributed by atoms with Gasteiger partial charge in [0.1, 0.15) is 0 Å². The average molecular weight is 302 g/mol. The Morgan fingerprint density at radius 2 is 1.71 bits per heavy atom. The molecule has 0 aliphatic rings. The van der Waals surface area contributed by atoms with E-state index in [-0.39, 0.29) is 5.97 Å². The Hall–Kier alpha value is 0.0800. The summed E-state index contributed by atoms with van der Waals surface area (Å²) in [6.45, 7) is 1.38. The van der Waals surface area contributed by atoms with Crippen molar-refractivity contribution < 1.29 is 9.53 Å². The number of ether oxygens (including phenoxy) is 1. The molecule has 0 aromatic heterocycles. The first kappa shape index (κ1) is 17.1. The number of rotatable bonds is 8. The number of alkyl halides is 3. The quantitative estimate of drug-likeness (QED) is 0.268. The lowest BCUT2D eigenvalue weighted by atomic mass is 10.1. The maximum Gasteiger partial charge on any atom is 0.307 e. The molecular weight excluding hydrogens is 282 g/mol. The van der Waals surface area contributed by atoms with Gasteiger partial charge < -0.3 is 4.74 Å². The van der Waals surface area contributed by atoms with Gasteiger partial charge in [0.05, 0.1) is 6.26 Å². The number of allylic oxidation sites excluding steroid dienone is 1. The Bertz CT molecular complexity index is 234. The van der Waals surface area contributed by atoms with E-state index in [0.717, 1.165) is 38.5 Å². The fraction of sp³-hybridized carbons (Fsp3) is 0.750. The van der Waals surface area contributed by atoms with E-state index in [4.69, 9.17) is 34.8 Å². The smallest absolute Gasteiger partial charge is 0.307 e. The zero-order valence-corrected chi connectivity index (χ0v) is 12.3. The molecule has 0 bridgehead atoms. The second kappa shape index (κ2) is 10.0. The number of hydrogen-bond acceptors (Lipinski definition) is 2.